The first-order chi connectivity index (χ1) is 7.04. The van der Waals surface area contributed by atoms with Crippen LogP contribution < -0.4 is 4.74 Å². The van der Waals surface area contributed by atoms with Crippen molar-refractivity contribution in [2.75, 3.05) is 12.5 Å². The van der Waals surface area contributed by atoms with E-state index in [0.717, 1.165) is 10.0 Å². The summed E-state index contributed by atoms with van der Waals surface area (Å²) in [6.07, 6.45) is 0. The SMILES string of the molecule is C=C(CCl)COc1cc(Cl)c(Br)cc1Cl. The molecule has 5 heteroatoms. The van der Waals surface area contributed by atoms with Crippen molar-refractivity contribution in [2.45, 2.75) is 0 Å². The highest BCUT2D eigenvalue weighted by Gasteiger charge is 2.06. The zero-order valence-corrected chi connectivity index (χ0v) is 11.5. The van der Waals surface area contributed by atoms with Crippen LogP contribution >= 0.6 is 50.7 Å². The van der Waals surface area contributed by atoms with Gasteiger partial charge in [0.05, 0.1) is 10.0 Å². The van der Waals surface area contributed by atoms with Gasteiger partial charge in [0.1, 0.15) is 12.4 Å². The largest absolute Gasteiger partial charge is 0.488 e. The molecule has 0 saturated heterocycles. The average Bonchev–Trinajstić information content (AvgIpc) is 2.21. The lowest BCUT2D eigenvalue weighted by Crippen LogP contribution is -2.01. The first kappa shape index (κ1) is 13.2. The molecule has 0 saturated carbocycles. The molecule has 0 aliphatic rings. The minimum Gasteiger partial charge on any atom is -0.488 e. The Morgan fingerprint density at radius 3 is 2.60 bits per heavy atom. The highest BCUT2D eigenvalue weighted by atomic mass is 79.9. The molecule has 0 unspecified atom stereocenters. The Bertz CT molecular complexity index is 379. The van der Waals surface area contributed by atoms with Gasteiger partial charge in [-0.1, -0.05) is 29.8 Å². The van der Waals surface area contributed by atoms with Gasteiger partial charge in [0.25, 0.3) is 0 Å². The molecular weight excluding hydrogens is 322 g/mol. The zero-order valence-electron chi connectivity index (χ0n) is 7.70. The van der Waals surface area contributed by atoms with E-state index in [2.05, 4.69) is 22.5 Å². The molecule has 0 fully saturated rings. The van der Waals surface area contributed by atoms with Gasteiger partial charge in [-0.05, 0) is 27.6 Å². The number of hydrogen-bond acceptors (Lipinski definition) is 1. The summed E-state index contributed by atoms with van der Waals surface area (Å²) in [5.41, 5.74) is 0.784. The van der Waals surface area contributed by atoms with E-state index in [1.807, 2.05) is 0 Å². The third kappa shape index (κ3) is 3.87. The van der Waals surface area contributed by atoms with Gasteiger partial charge in [0.2, 0.25) is 0 Å². The second kappa shape index (κ2) is 6.00. The molecule has 0 radical (unpaired) electrons. The molecular formula is C10H8BrCl3O. The summed E-state index contributed by atoms with van der Waals surface area (Å²) in [5, 5.41) is 1.04. The Morgan fingerprint density at radius 1 is 1.33 bits per heavy atom. The van der Waals surface area contributed by atoms with E-state index < -0.39 is 0 Å². The van der Waals surface area contributed by atoms with Crippen molar-refractivity contribution in [2.24, 2.45) is 0 Å². The van der Waals surface area contributed by atoms with Crippen LogP contribution in [0.4, 0.5) is 0 Å². The molecule has 0 N–H and O–H groups in total. The molecule has 0 spiro atoms. The first-order valence-electron chi connectivity index (χ1n) is 4.04. The highest BCUT2D eigenvalue weighted by Crippen LogP contribution is 2.34. The Labute approximate surface area is 112 Å². The molecule has 1 rings (SSSR count). The van der Waals surface area contributed by atoms with E-state index in [-0.39, 0.29) is 0 Å². The molecule has 1 nitrogen and oxygen atoms in total. The number of hydrogen-bond donors (Lipinski definition) is 0. The van der Waals surface area contributed by atoms with Gasteiger partial charge in [-0.15, -0.1) is 11.6 Å². The van der Waals surface area contributed by atoms with Crippen molar-refractivity contribution >= 4 is 50.7 Å². The van der Waals surface area contributed by atoms with Crippen molar-refractivity contribution < 1.29 is 4.74 Å². The molecule has 0 aromatic heterocycles. The van der Waals surface area contributed by atoms with Crippen LogP contribution in [0.1, 0.15) is 0 Å². The molecule has 0 aliphatic heterocycles. The lowest BCUT2D eigenvalue weighted by atomic mass is 10.3. The lowest BCUT2D eigenvalue weighted by molar-refractivity contribution is 0.353. The summed E-state index contributed by atoms with van der Waals surface area (Å²) in [4.78, 5) is 0. The first-order valence-corrected chi connectivity index (χ1v) is 6.13. The van der Waals surface area contributed by atoms with Gasteiger partial charge in [0, 0.05) is 16.4 Å². The Hall–Kier alpha value is 0.110. The van der Waals surface area contributed by atoms with E-state index in [1.165, 1.54) is 0 Å². The van der Waals surface area contributed by atoms with Crippen molar-refractivity contribution in [3.8, 4) is 5.75 Å². The van der Waals surface area contributed by atoms with Crippen molar-refractivity contribution in [1.82, 2.24) is 0 Å². The third-order valence-electron chi connectivity index (χ3n) is 1.60. The number of benzene rings is 1. The van der Waals surface area contributed by atoms with Gasteiger partial charge in [0.15, 0.2) is 0 Å². The third-order valence-corrected chi connectivity index (χ3v) is 3.47. The maximum atomic E-state index is 5.95. The van der Waals surface area contributed by atoms with Crippen LogP contribution in [0.3, 0.4) is 0 Å². The summed E-state index contributed by atoms with van der Waals surface area (Å²) in [6.45, 7) is 4.05. The van der Waals surface area contributed by atoms with Crippen molar-refractivity contribution in [3.63, 3.8) is 0 Å². The molecule has 1 aromatic rings. The molecule has 0 atom stereocenters. The van der Waals surface area contributed by atoms with E-state index in [9.17, 15) is 0 Å². The topological polar surface area (TPSA) is 9.23 Å². The molecule has 0 amide bonds. The summed E-state index contributed by atoms with van der Waals surface area (Å²) < 4.78 is 6.14. The molecule has 82 valence electrons. The monoisotopic (exact) mass is 328 g/mol. The van der Waals surface area contributed by atoms with Crippen molar-refractivity contribution in [3.05, 3.63) is 38.8 Å². The van der Waals surface area contributed by atoms with E-state index >= 15 is 0 Å². The average molecular weight is 330 g/mol. The van der Waals surface area contributed by atoms with E-state index in [4.69, 9.17) is 39.5 Å². The standard InChI is InChI=1S/C10H8BrCl3O/c1-6(4-12)5-15-10-3-8(13)7(11)2-9(10)14/h2-3H,1,4-5H2. The summed E-state index contributed by atoms with van der Waals surface area (Å²) in [5.74, 6) is 0.887. The normalized spacial score (nSPS) is 10.1. The summed E-state index contributed by atoms with van der Waals surface area (Å²) in [6, 6.07) is 3.33. The molecule has 1 aromatic carbocycles. The van der Waals surface area contributed by atoms with Crippen LogP contribution in [0.5, 0.6) is 5.75 Å². The predicted molar refractivity (Wildman–Crippen MR) is 69.5 cm³/mol. The second-order valence-corrected chi connectivity index (χ2v) is 4.81. The van der Waals surface area contributed by atoms with Crippen molar-refractivity contribution in [1.29, 1.82) is 0 Å². The Kier molecular flexibility index (Phi) is 5.27. The van der Waals surface area contributed by atoms with Crippen LogP contribution in [0.2, 0.25) is 10.0 Å². The number of alkyl halides is 1. The fraction of sp³-hybridized carbons (Fsp3) is 0.200. The Morgan fingerprint density at radius 2 is 2.00 bits per heavy atom. The summed E-state index contributed by atoms with van der Waals surface area (Å²) in [7, 11) is 0. The van der Waals surface area contributed by atoms with Gasteiger partial charge in [-0.3, -0.25) is 0 Å². The number of ether oxygens (including phenoxy) is 1. The van der Waals surface area contributed by atoms with Gasteiger partial charge < -0.3 is 4.74 Å². The molecule has 0 bridgehead atoms. The van der Waals surface area contributed by atoms with Crippen LogP contribution in [-0.4, -0.2) is 12.5 Å². The maximum absolute atomic E-state index is 5.95. The Balaban J connectivity index is 2.77. The maximum Gasteiger partial charge on any atom is 0.139 e. The van der Waals surface area contributed by atoms with Gasteiger partial charge >= 0.3 is 0 Å². The number of rotatable bonds is 4. The smallest absolute Gasteiger partial charge is 0.139 e. The summed E-state index contributed by atoms with van der Waals surface area (Å²) >= 11 is 20.7. The second-order valence-electron chi connectivity index (χ2n) is 2.87. The van der Waals surface area contributed by atoms with Crippen LogP contribution in [-0.2, 0) is 0 Å². The van der Waals surface area contributed by atoms with Gasteiger partial charge in [-0.2, -0.15) is 0 Å². The quantitative estimate of drug-likeness (QED) is 0.432. The predicted octanol–water partition coefficient (Wildman–Crippen LogP) is 4.93. The van der Waals surface area contributed by atoms with E-state index in [0.29, 0.717) is 28.3 Å². The minimum atomic E-state index is 0.335. The fourth-order valence-electron chi connectivity index (χ4n) is 0.833. The minimum absolute atomic E-state index is 0.335. The molecule has 15 heavy (non-hydrogen) atoms. The molecule has 0 aliphatic carbocycles. The highest BCUT2D eigenvalue weighted by molar-refractivity contribution is 9.10. The lowest BCUT2D eigenvalue weighted by Gasteiger charge is -2.09. The van der Waals surface area contributed by atoms with Crippen LogP contribution in [0.25, 0.3) is 0 Å². The van der Waals surface area contributed by atoms with Crippen LogP contribution in [0, 0.1) is 0 Å². The van der Waals surface area contributed by atoms with E-state index in [1.54, 1.807) is 12.1 Å². The zero-order chi connectivity index (χ0) is 11.4. The van der Waals surface area contributed by atoms with Crippen LogP contribution in [0.15, 0.2) is 28.8 Å². The number of halogens is 4. The molecule has 0 heterocycles. The van der Waals surface area contributed by atoms with Gasteiger partial charge in [-0.25, -0.2) is 0 Å². The fourth-order valence-corrected chi connectivity index (χ4v) is 1.76.